The van der Waals surface area contributed by atoms with Crippen molar-refractivity contribution >= 4 is 22.4 Å². The van der Waals surface area contributed by atoms with E-state index in [0.29, 0.717) is 13.2 Å². The number of nitrogens with one attached hydrogen (secondary N) is 2. The zero-order valence-electron chi connectivity index (χ0n) is 12.6. The van der Waals surface area contributed by atoms with E-state index in [4.69, 9.17) is 9.47 Å². The van der Waals surface area contributed by atoms with Gasteiger partial charge in [0.05, 0.1) is 6.61 Å². The minimum Gasteiger partial charge on any atom is -0.490 e. The number of likely N-dealkylation sites (N-methyl/N-ethyl adjacent to an activating group) is 1. The number of rotatable bonds is 10. The number of methoxy groups -OCH3 is 1. The summed E-state index contributed by atoms with van der Waals surface area (Å²) < 4.78 is 50.2. The van der Waals surface area contributed by atoms with Crippen molar-refractivity contribution in [2.75, 3.05) is 40.0 Å². The van der Waals surface area contributed by atoms with Crippen LogP contribution in [0.5, 0.6) is 5.75 Å². The largest absolute Gasteiger partial charge is 0.490 e. The van der Waals surface area contributed by atoms with Crippen molar-refractivity contribution < 1.29 is 22.3 Å². The lowest BCUT2D eigenvalue weighted by Gasteiger charge is -2.13. The molecule has 0 heterocycles. The Bertz CT molecular complexity index is 543. The zero-order valence-corrected chi connectivity index (χ0v) is 14.2. The highest BCUT2D eigenvalue weighted by molar-refractivity contribution is 7.89. The zero-order chi connectivity index (χ0) is 15.7. The summed E-state index contributed by atoms with van der Waals surface area (Å²) in [7, 11) is -2.32. The Kier molecular flexibility index (Phi) is 10.3. The van der Waals surface area contributed by atoms with Crippen molar-refractivity contribution in [1.29, 1.82) is 0 Å². The average molecular weight is 357 g/mol. The van der Waals surface area contributed by atoms with Crippen LogP contribution in [0.1, 0.15) is 6.92 Å². The highest BCUT2D eigenvalue weighted by Crippen LogP contribution is 2.24. The number of hydrogen-bond donors (Lipinski definition) is 2. The first-order chi connectivity index (χ1) is 10.0. The van der Waals surface area contributed by atoms with E-state index in [1.54, 1.807) is 0 Å². The molecular weight excluding hydrogens is 335 g/mol. The van der Waals surface area contributed by atoms with Crippen LogP contribution < -0.4 is 14.8 Å². The quantitative estimate of drug-likeness (QED) is 0.615. The summed E-state index contributed by atoms with van der Waals surface area (Å²) >= 11 is 0. The Morgan fingerprint density at radius 2 is 1.95 bits per heavy atom. The van der Waals surface area contributed by atoms with Crippen LogP contribution in [0.3, 0.4) is 0 Å². The number of sulfonamides is 1. The van der Waals surface area contributed by atoms with Gasteiger partial charge >= 0.3 is 0 Å². The van der Waals surface area contributed by atoms with Gasteiger partial charge in [0.1, 0.15) is 23.1 Å². The molecule has 1 rings (SSSR count). The van der Waals surface area contributed by atoms with E-state index in [2.05, 4.69) is 10.0 Å². The van der Waals surface area contributed by atoms with E-state index in [-0.39, 0.29) is 36.2 Å². The summed E-state index contributed by atoms with van der Waals surface area (Å²) in [5.74, 6) is -0.537. The Hall–Kier alpha value is -0.930. The molecule has 2 N–H and O–H groups in total. The van der Waals surface area contributed by atoms with Gasteiger partial charge in [-0.15, -0.1) is 12.4 Å². The van der Waals surface area contributed by atoms with E-state index in [0.717, 1.165) is 18.7 Å². The van der Waals surface area contributed by atoms with Gasteiger partial charge in [0.15, 0.2) is 0 Å². The summed E-state index contributed by atoms with van der Waals surface area (Å²) in [6.45, 7) is 3.86. The molecule has 128 valence electrons. The van der Waals surface area contributed by atoms with Crippen LogP contribution in [0.15, 0.2) is 23.1 Å². The van der Waals surface area contributed by atoms with Gasteiger partial charge in [-0.1, -0.05) is 6.92 Å². The van der Waals surface area contributed by atoms with Gasteiger partial charge in [-0.05, 0) is 24.7 Å². The summed E-state index contributed by atoms with van der Waals surface area (Å²) in [4.78, 5) is -0.213. The van der Waals surface area contributed by atoms with E-state index in [1.165, 1.54) is 13.2 Å². The maximum atomic E-state index is 13.3. The first-order valence-electron chi connectivity index (χ1n) is 6.63. The van der Waals surface area contributed by atoms with E-state index in [9.17, 15) is 12.8 Å². The summed E-state index contributed by atoms with van der Waals surface area (Å²) in [5, 5.41) is 2.99. The average Bonchev–Trinajstić information content (AvgIpc) is 2.45. The van der Waals surface area contributed by atoms with Gasteiger partial charge in [-0.2, -0.15) is 0 Å². The van der Waals surface area contributed by atoms with Crippen LogP contribution in [-0.4, -0.2) is 48.4 Å². The third kappa shape index (κ3) is 6.89. The van der Waals surface area contributed by atoms with Gasteiger partial charge in [-0.3, -0.25) is 0 Å². The van der Waals surface area contributed by atoms with Crippen molar-refractivity contribution in [2.24, 2.45) is 0 Å². The van der Waals surface area contributed by atoms with Crippen LogP contribution in [0.2, 0.25) is 0 Å². The number of hydrogen-bond acceptors (Lipinski definition) is 5. The molecular formula is C13H22ClFN2O4S. The molecule has 0 aromatic heterocycles. The standard InChI is InChI=1S/C13H21FN2O4S.ClH/c1-3-15-6-7-16-21(17,18)13-10-11(14)4-5-12(13)20-9-8-19-2;/h4-5,10,15-16H,3,6-9H2,1-2H3;1H. The lowest BCUT2D eigenvalue weighted by atomic mass is 10.3. The molecule has 0 amide bonds. The molecule has 22 heavy (non-hydrogen) atoms. The van der Waals surface area contributed by atoms with Crippen LogP contribution in [0, 0.1) is 5.82 Å². The fourth-order valence-electron chi connectivity index (χ4n) is 1.57. The molecule has 0 fully saturated rings. The molecule has 0 aliphatic carbocycles. The minimum absolute atomic E-state index is 0. The number of ether oxygens (including phenoxy) is 2. The molecule has 6 nitrogen and oxygen atoms in total. The third-order valence-corrected chi connectivity index (χ3v) is 4.07. The minimum atomic E-state index is -3.83. The molecule has 0 bridgehead atoms. The van der Waals surface area contributed by atoms with E-state index >= 15 is 0 Å². The lowest BCUT2D eigenvalue weighted by molar-refractivity contribution is 0.144. The maximum absolute atomic E-state index is 13.3. The van der Waals surface area contributed by atoms with Crippen molar-refractivity contribution in [1.82, 2.24) is 10.0 Å². The lowest BCUT2D eigenvalue weighted by Crippen LogP contribution is -2.32. The van der Waals surface area contributed by atoms with Crippen LogP contribution in [0.4, 0.5) is 4.39 Å². The molecule has 0 saturated heterocycles. The predicted octanol–water partition coefficient (Wildman–Crippen LogP) is 1.16. The summed E-state index contributed by atoms with van der Waals surface area (Å²) in [5.41, 5.74) is 0. The van der Waals surface area contributed by atoms with Gasteiger partial charge in [-0.25, -0.2) is 17.5 Å². The van der Waals surface area contributed by atoms with Crippen molar-refractivity contribution in [2.45, 2.75) is 11.8 Å². The van der Waals surface area contributed by atoms with Crippen LogP contribution in [-0.2, 0) is 14.8 Å². The Labute approximate surface area is 136 Å². The fraction of sp³-hybridized carbons (Fsp3) is 0.538. The molecule has 0 aliphatic heterocycles. The number of halogens is 2. The summed E-state index contributed by atoms with van der Waals surface area (Å²) in [6.07, 6.45) is 0. The molecule has 0 radical (unpaired) electrons. The Morgan fingerprint density at radius 1 is 1.23 bits per heavy atom. The molecule has 0 saturated carbocycles. The van der Waals surface area contributed by atoms with Crippen molar-refractivity contribution in [3.8, 4) is 5.75 Å². The van der Waals surface area contributed by atoms with Crippen molar-refractivity contribution in [3.05, 3.63) is 24.0 Å². The van der Waals surface area contributed by atoms with Crippen LogP contribution in [0.25, 0.3) is 0 Å². The monoisotopic (exact) mass is 356 g/mol. The highest BCUT2D eigenvalue weighted by atomic mass is 35.5. The maximum Gasteiger partial charge on any atom is 0.244 e. The SMILES string of the molecule is CCNCCNS(=O)(=O)c1cc(F)ccc1OCCOC.Cl. The molecule has 0 atom stereocenters. The Morgan fingerprint density at radius 3 is 2.59 bits per heavy atom. The van der Waals surface area contributed by atoms with Crippen molar-refractivity contribution in [3.63, 3.8) is 0 Å². The van der Waals surface area contributed by atoms with Gasteiger partial charge in [0.25, 0.3) is 0 Å². The fourth-order valence-corrected chi connectivity index (χ4v) is 2.76. The Balaban J connectivity index is 0.00000441. The molecule has 0 aliphatic rings. The van der Waals surface area contributed by atoms with Gasteiger partial charge in [0.2, 0.25) is 10.0 Å². The predicted molar refractivity (Wildman–Crippen MR) is 84.8 cm³/mol. The van der Waals surface area contributed by atoms with Gasteiger partial charge < -0.3 is 14.8 Å². The topological polar surface area (TPSA) is 76.7 Å². The second kappa shape index (κ2) is 10.7. The first-order valence-corrected chi connectivity index (χ1v) is 8.11. The number of benzene rings is 1. The first kappa shape index (κ1) is 21.1. The van der Waals surface area contributed by atoms with E-state index in [1.807, 2.05) is 6.92 Å². The second-order valence-corrected chi connectivity index (χ2v) is 5.92. The molecule has 0 spiro atoms. The highest BCUT2D eigenvalue weighted by Gasteiger charge is 2.20. The molecule has 1 aromatic carbocycles. The second-order valence-electron chi connectivity index (χ2n) is 4.18. The molecule has 0 unspecified atom stereocenters. The molecule has 1 aromatic rings. The smallest absolute Gasteiger partial charge is 0.244 e. The van der Waals surface area contributed by atoms with E-state index < -0.39 is 15.8 Å². The normalized spacial score (nSPS) is 11.0. The third-order valence-electron chi connectivity index (χ3n) is 2.58. The van der Waals surface area contributed by atoms with Gasteiger partial charge in [0, 0.05) is 20.2 Å². The molecule has 9 heteroatoms. The van der Waals surface area contributed by atoms with Crippen LogP contribution >= 0.6 is 12.4 Å². The summed E-state index contributed by atoms with van der Waals surface area (Å²) in [6, 6.07) is 3.39.